The van der Waals surface area contributed by atoms with Gasteiger partial charge in [-0.15, -0.1) is 11.3 Å². The molecular weight excluding hydrogens is 370 g/mol. The highest BCUT2D eigenvalue weighted by atomic mass is 79.9. The second kappa shape index (κ2) is 6.47. The third-order valence-electron chi connectivity index (χ3n) is 3.71. The van der Waals surface area contributed by atoms with Crippen molar-refractivity contribution >= 4 is 33.2 Å². The van der Waals surface area contributed by atoms with Gasteiger partial charge in [0, 0.05) is 13.1 Å². The molecule has 0 saturated carbocycles. The molecule has 0 spiro atoms. The number of aliphatic carboxylic acids is 1. The average molecular weight is 386 g/mol. The fraction of sp³-hybridized carbons (Fsp3) is 0.500. The summed E-state index contributed by atoms with van der Waals surface area (Å²) in [6.45, 7) is 3.95. The standard InChI is InChI=1S/C14H16BrN3O3S/c1-8-4-9(14(19)20)6-18(5-8)7-12-16-13(17-21-12)10-2-3-11(15)22-10/h2-3,8-9H,4-7H2,1H3,(H,19,20). The second-order valence-electron chi connectivity index (χ2n) is 5.69. The van der Waals surface area contributed by atoms with Crippen molar-refractivity contribution in [1.82, 2.24) is 15.0 Å². The first kappa shape index (κ1) is 15.6. The number of rotatable bonds is 4. The van der Waals surface area contributed by atoms with Crippen molar-refractivity contribution in [2.75, 3.05) is 13.1 Å². The lowest BCUT2D eigenvalue weighted by atomic mass is 9.90. The number of carbonyl (C=O) groups is 1. The van der Waals surface area contributed by atoms with E-state index in [1.54, 1.807) is 11.3 Å². The van der Waals surface area contributed by atoms with E-state index in [4.69, 9.17) is 4.52 Å². The first-order valence-corrected chi connectivity index (χ1v) is 8.65. The van der Waals surface area contributed by atoms with Crippen molar-refractivity contribution in [2.45, 2.75) is 19.9 Å². The molecule has 2 unspecified atom stereocenters. The lowest BCUT2D eigenvalue weighted by molar-refractivity contribution is -0.144. The van der Waals surface area contributed by atoms with E-state index >= 15 is 0 Å². The first-order chi connectivity index (χ1) is 10.5. The van der Waals surface area contributed by atoms with Gasteiger partial charge in [0.2, 0.25) is 11.7 Å². The van der Waals surface area contributed by atoms with Crippen molar-refractivity contribution in [3.8, 4) is 10.7 Å². The Morgan fingerprint density at radius 3 is 3.05 bits per heavy atom. The zero-order chi connectivity index (χ0) is 15.7. The van der Waals surface area contributed by atoms with Crippen LogP contribution in [0.5, 0.6) is 0 Å². The number of hydrogen-bond donors (Lipinski definition) is 1. The molecule has 1 fully saturated rings. The number of aromatic nitrogens is 2. The van der Waals surface area contributed by atoms with Crippen molar-refractivity contribution in [2.24, 2.45) is 11.8 Å². The van der Waals surface area contributed by atoms with E-state index in [0.29, 0.717) is 30.7 Å². The fourth-order valence-corrected chi connectivity index (χ4v) is 4.13. The van der Waals surface area contributed by atoms with Gasteiger partial charge in [-0.1, -0.05) is 12.1 Å². The minimum Gasteiger partial charge on any atom is -0.481 e. The van der Waals surface area contributed by atoms with Gasteiger partial charge in [0.1, 0.15) is 0 Å². The van der Waals surface area contributed by atoms with Crippen LogP contribution in [0, 0.1) is 11.8 Å². The molecule has 22 heavy (non-hydrogen) atoms. The van der Waals surface area contributed by atoms with E-state index in [9.17, 15) is 9.90 Å². The van der Waals surface area contributed by atoms with Gasteiger partial charge in [-0.25, -0.2) is 0 Å². The molecule has 118 valence electrons. The summed E-state index contributed by atoms with van der Waals surface area (Å²) in [5, 5.41) is 13.2. The van der Waals surface area contributed by atoms with Crippen LogP contribution in [0.15, 0.2) is 20.4 Å². The maximum absolute atomic E-state index is 11.2. The van der Waals surface area contributed by atoms with Crippen LogP contribution in [0.2, 0.25) is 0 Å². The molecule has 1 aliphatic heterocycles. The highest BCUT2D eigenvalue weighted by molar-refractivity contribution is 9.11. The quantitative estimate of drug-likeness (QED) is 0.870. The van der Waals surface area contributed by atoms with Gasteiger partial charge in [-0.2, -0.15) is 4.98 Å². The summed E-state index contributed by atoms with van der Waals surface area (Å²) in [6.07, 6.45) is 0.726. The Balaban J connectivity index is 1.68. The average Bonchev–Trinajstić information content (AvgIpc) is 3.07. The molecule has 6 nitrogen and oxygen atoms in total. The van der Waals surface area contributed by atoms with Crippen molar-refractivity contribution in [3.05, 3.63) is 21.8 Å². The number of thiophene rings is 1. The number of piperidine rings is 1. The summed E-state index contributed by atoms with van der Waals surface area (Å²) in [6, 6.07) is 3.88. The summed E-state index contributed by atoms with van der Waals surface area (Å²) in [5.74, 6) is 0.402. The first-order valence-electron chi connectivity index (χ1n) is 7.04. The predicted octanol–water partition coefficient (Wildman–Crippen LogP) is 3.10. The Hall–Kier alpha value is -1.25. The van der Waals surface area contributed by atoms with Crippen molar-refractivity contribution < 1.29 is 14.4 Å². The van der Waals surface area contributed by atoms with E-state index in [2.05, 4.69) is 37.9 Å². The molecule has 3 rings (SSSR count). The summed E-state index contributed by atoms with van der Waals surface area (Å²) in [7, 11) is 0. The molecule has 3 heterocycles. The number of halogens is 1. The largest absolute Gasteiger partial charge is 0.481 e. The SMILES string of the molecule is CC1CC(C(=O)O)CN(Cc2nc(-c3ccc(Br)s3)no2)C1. The molecule has 0 radical (unpaired) electrons. The van der Waals surface area contributed by atoms with E-state index in [1.165, 1.54) is 0 Å². The van der Waals surface area contributed by atoms with Crippen molar-refractivity contribution in [1.29, 1.82) is 0 Å². The summed E-state index contributed by atoms with van der Waals surface area (Å²) < 4.78 is 6.32. The fourth-order valence-electron chi connectivity index (χ4n) is 2.81. The van der Waals surface area contributed by atoms with Crippen LogP contribution in [-0.2, 0) is 11.3 Å². The number of hydrogen-bond acceptors (Lipinski definition) is 6. The maximum atomic E-state index is 11.2. The molecule has 0 aromatic carbocycles. The second-order valence-corrected chi connectivity index (χ2v) is 8.15. The predicted molar refractivity (Wildman–Crippen MR) is 85.5 cm³/mol. The molecule has 8 heteroatoms. The monoisotopic (exact) mass is 385 g/mol. The zero-order valence-corrected chi connectivity index (χ0v) is 14.4. The van der Waals surface area contributed by atoms with Crippen molar-refractivity contribution in [3.63, 3.8) is 0 Å². The van der Waals surface area contributed by atoms with Gasteiger partial charge < -0.3 is 9.63 Å². The Kier molecular flexibility index (Phi) is 4.60. The molecule has 2 atom stereocenters. The van der Waals surface area contributed by atoms with Crippen LogP contribution < -0.4 is 0 Å². The lowest BCUT2D eigenvalue weighted by Gasteiger charge is -2.33. The Labute approximate surface area is 140 Å². The van der Waals surface area contributed by atoms with Gasteiger partial charge in [0.05, 0.1) is 21.1 Å². The topological polar surface area (TPSA) is 79.5 Å². The minimum absolute atomic E-state index is 0.320. The van der Waals surface area contributed by atoms with E-state index in [1.807, 2.05) is 12.1 Å². The van der Waals surface area contributed by atoms with Crippen LogP contribution in [0.4, 0.5) is 0 Å². The van der Waals surface area contributed by atoms with Gasteiger partial charge in [0.25, 0.3) is 0 Å². The van der Waals surface area contributed by atoms with Gasteiger partial charge in [-0.3, -0.25) is 9.69 Å². The third-order valence-corrected chi connectivity index (χ3v) is 5.32. The number of carboxylic acids is 1. The molecule has 1 aliphatic rings. The molecule has 1 N–H and O–H groups in total. The Bertz CT molecular complexity index is 672. The smallest absolute Gasteiger partial charge is 0.307 e. The maximum Gasteiger partial charge on any atom is 0.307 e. The summed E-state index contributed by atoms with van der Waals surface area (Å²) in [4.78, 5) is 18.6. The Morgan fingerprint density at radius 2 is 2.36 bits per heavy atom. The number of likely N-dealkylation sites (tertiary alicyclic amines) is 1. The molecule has 0 bridgehead atoms. The molecule has 2 aromatic heterocycles. The minimum atomic E-state index is -0.730. The molecule has 0 amide bonds. The summed E-state index contributed by atoms with van der Waals surface area (Å²) in [5.41, 5.74) is 0. The lowest BCUT2D eigenvalue weighted by Crippen LogP contribution is -2.42. The molecule has 2 aromatic rings. The number of carboxylic acid groups (broad SMARTS) is 1. The zero-order valence-electron chi connectivity index (χ0n) is 12.0. The third kappa shape index (κ3) is 3.56. The molecule has 1 saturated heterocycles. The van der Waals surface area contributed by atoms with Crippen LogP contribution in [0.3, 0.4) is 0 Å². The Morgan fingerprint density at radius 1 is 1.55 bits per heavy atom. The van der Waals surface area contributed by atoms with Crippen LogP contribution >= 0.6 is 27.3 Å². The van der Waals surface area contributed by atoms with Crippen LogP contribution in [-0.4, -0.2) is 39.2 Å². The normalized spacial score (nSPS) is 22.8. The molecular formula is C14H16BrN3O3S. The van der Waals surface area contributed by atoms with Crippen LogP contribution in [0.25, 0.3) is 10.7 Å². The van der Waals surface area contributed by atoms with E-state index in [0.717, 1.165) is 21.6 Å². The van der Waals surface area contributed by atoms with Crippen LogP contribution in [0.1, 0.15) is 19.2 Å². The highest BCUT2D eigenvalue weighted by Crippen LogP contribution is 2.29. The van der Waals surface area contributed by atoms with E-state index < -0.39 is 5.97 Å². The van der Waals surface area contributed by atoms with Gasteiger partial charge in [-0.05, 0) is 40.4 Å². The molecule has 0 aliphatic carbocycles. The van der Waals surface area contributed by atoms with Gasteiger partial charge in [0.15, 0.2) is 0 Å². The summed E-state index contributed by atoms with van der Waals surface area (Å²) >= 11 is 4.96. The number of nitrogens with zero attached hydrogens (tertiary/aromatic N) is 3. The highest BCUT2D eigenvalue weighted by Gasteiger charge is 2.30. The van der Waals surface area contributed by atoms with E-state index in [-0.39, 0.29) is 5.92 Å². The van der Waals surface area contributed by atoms with Gasteiger partial charge >= 0.3 is 5.97 Å².